The van der Waals surface area contributed by atoms with E-state index >= 15 is 0 Å². The van der Waals surface area contributed by atoms with Crippen molar-refractivity contribution in [2.24, 2.45) is 0 Å². The second kappa shape index (κ2) is 6.49. The van der Waals surface area contributed by atoms with Gasteiger partial charge in [0, 0.05) is 15.1 Å². The highest BCUT2D eigenvalue weighted by Gasteiger charge is 2.16. The molecule has 100 valence electrons. The third kappa shape index (κ3) is 3.46. The zero-order valence-corrected chi connectivity index (χ0v) is 14.6. The van der Waals surface area contributed by atoms with Crippen molar-refractivity contribution in [3.8, 4) is 5.75 Å². The van der Waals surface area contributed by atoms with E-state index in [2.05, 4.69) is 31.9 Å². The maximum Gasteiger partial charge on any atom is 0.123 e. The molecular formula is C14H10Br2Cl2O. The zero-order valence-electron chi connectivity index (χ0n) is 9.96. The number of benzene rings is 2. The van der Waals surface area contributed by atoms with E-state index in [1.165, 1.54) is 0 Å². The van der Waals surface area contributed by atoms with Crippen molar-refractivity contribution in [3.63, 3.8) is 0 Å². The van der Waals surface area contributed by atoms with Gasteiger partial charge in [0.05, 0.1) is 17.0 Å². The van der Waals surface area contributed by atoms with Gasteiger partial charge in [0.25, 0.3) is 0 Å². The van der Waals surface area contributed by atoms with Crippen LogP contribution in [-0.2, 0) is 0 Å². The van der Waals surface area contributed by atoms with Gasteiger partial charge in [0.1, 0.15) is 5.75 Å². The van der Waals surface area contributed by atoms with Gasteiger partial charge in [-0.05, 0) is 51.8 Å². The summed E-state index contributed by atoms with van der Waals surface area (Å²) in [5, 5.41) is 1.36. The first kappa shape index (κ1) is 15.2. The lowest BCUT2D eigenvalue weighted by Gasteiger charge is -2.15. The largest absolute Gasteiger partial charge is 0.496 e. The van der Waals surface area contributed by atoms with Crippen molar-refractivity contribution in [1.82, 2.24) is 0 Å². The molecule has 1 nitrogen and oxygen atoms in total. The highest BCUT2D eigenvalue weighted by molar-refractivity contribution is 9.10. The molecule has 1 unspecified atom stereocenters. The molecule has 0 N–H and O–H groups in total. The highest BCUT2D eigenvalue weighted by Crippen LogP contribution is 2.39. The third-order valence-electron chi connectivity index (χ3n) is 2.70. The number of ether oxygens (including phenoxy) is 1. The van der Waals surface area contributed by atoms with Crippen molar-refractivity contribution >= 4 is 55.1 Å². The minimum Gasteiger partial charge on any atom is -0.496 e. The van der Waals surface area contributed by atoms with E-state index in [-0.39, 0.29) is 4.83 Å². The fourth-order valence-electron chi connectivity index (χ4n) is 1.75. The van der Waals surface area contributed by atoms with E-state index in [1.807, 2.05) is 30.3 Å². The summed E-state index contributed by atoms with van der Waals surface area (Å²) in [4.78, 5) is -0.0188. The van der Waals surface area contributed by atoms with Gasteiger partial charge in [-0.2, -0.15) is 0 Å². The van der Waals surface area contributed by atoms with Crippen LogP contribution < -0.4 is 4.74 Å². The zero-order chi connectivity index (χ0) is 14.0. The van der Waals surface area contributed by atoms with Crippen LogP contribution in [0.3, 0.4) is 0 Å². The van der Waals surface area contributed by atoms with Crippen LogP contribution in [0.1, 0.15) is 16.0 Å². The normalized spacial score (nSPS) is 12.3. The first-order chi connectivity index (χ1) is 9.02. The predicted octanol–water partition coefficient (Wildman–Crippen LogP) is 6.25. The standard InChI is InChI=1S/C14H10Br2Cl2O/c1-19-13-5-3-9(17)7-10(13)14(16)8-2-4-12(18)11(15)6-8/h2-7,14H,1H3. The lowest BCUT2D eigenvalue weighted by atomic mass is 10.0. The Labute approximate surface area is 139 Å². The average molecular weight is 425 g/mol. The lowest BCUT2D eigenvalue weighted by molar-refractivity contribution is 0.410. The van der Waals surface area contributed by atoms with Gasteiger partial charge in [0.15, 0.2) is 0 Å². The molecule has 0 aliphatic carbocycles. The topological polar surface area (TPSA) is 9.23 Å². The van der Waals surface area contributed by atoms with Gasteiger partial charge in [0.2, 0.25) is 0 Å². The fourth-order valence-corrected chi connectivity index (χ4v) is 3.09. The molecule has 2 aromatic rings. The second-order valence-corrected chi connectivity index (χ2v) is 6.54. The number of rotatable bonds is 3. The molecule has 1 atom stereocenters. The summed E-state index contributed by atoms with van der Waals surface area (Å²) in [5.41, 5.74) is 2.04. The van der Waals surface area contributed by atoms with Crippen LogP contribution in [0.15, 0.2) is 40.9 Å². The average Bonchev–Trinajstić information content (AvgIpc) is 2.41. The number of methoxy groups -OCH3 is 1. The Hall–Kier alpha value is -0.220. The number of hydrogen-bond acceptors (Lipinski definition) is 1. The van der Waals surface area contributed by atoms with Crippen molar-refractivity contribution in [2.75, 3.05) is 7.11 Å². The molecule has 0 saturated carbocycles. The van der Waals surface area contributed by atoms with Crippen molar-refractivity contribution < 1.29 is 4.74 Å². The molecule has 19 heavy (non-hydrogen) atoms. The number of hydrogen-bond donors (Lipinski definition) is 0. The first-order valence-electron chi connectivity index (χ1n) is 5.45. The first-order valence-corrected chi connectivity index (χ1v) is 7.92. The Morgan fingerprint density at radius 1 is 1.11 bits per heavy atom. The summed E-state index contributed by atoms with van der Waals surface area (Å²) in [6, 6.07) is 11.3. The fraction of sp³-hybridized carbons (Fsp3) is 0.143. The molecule has 2 aromatic carbocycles. The molecule has 0 aliphatic rings. The monoisotopic (exact) mass is 422 g/mol. The van der Waals surface area contributed by atoms with Gasteiger partial charge in [-0.3, -0.25) is 0 Å². The van der Waals surface area contributed by atoms with Crippen LogP contribution in [-0.4, -0.2) is 7.11 Å². The minimum absolute atomic E-state index is 0.0188. The molecular weight excluding hydrogens is 415 g/mol. The summed E-state index contributed by atoms with van der Waals surface area (Å²) >= 11 is 19.2. The van der Waals surface area contributed by atoms with Crippen LogP contribution in [0.2, 0.25) is 10.0 Å². The Morgan fingerprint density at radius 2 is 1.84 bits per heavy atom. The smallest absolute Gasteiger partial charge is 0.123 e. The number of halogens is 4. The van der Waals surface area contributed by atoms with E-state index in [9.17, 15) is 0 Å². The van der Waals surface area contributed by atoms with Crippen molar-refractivity contribution in [3.05, 3.63) is 62.0 Å². The molecule has 2 rings (SSSR count). The van der Waals surface area contributed by atoms with Gasteiger partial charge in [-0.15, -0.1) is 0 Å². The molecule has 0 fully saturated rings. The molecule has 0 aliphatic heterocycles. The quantitative estimate of drug-likeness (QED) is 0.529. The summed E-state index contributed by atoms with van der Waals surface area (Å²) in [7, 11) is 1.64. The van der Waals surface area contributed by atoms with Crippen LogP contribution in [0.5, 0.6) is 5.75 Å². The summed E-state index contributed by atoms with van der Waals surface area (Å²) in [6.45, 7) is 0. The Bertz CT molecular complexity index is 602. The molecule has 5 heteroatoms. The van der Waals surface area contributed by atoms with E-state index in [1.54, 1.807) is 13.2 Å². The molecule has 0 spiro atoms. The van der Waals surface area contributed by atoms with Crippen LogP contribution >= 0.6 is 55.1 Å². The van der Waals surface area contributed by atoms with Crippen LogP contribution in [0.4, 0.5) is 0 Å². The summed E-state index contributed by atoms with van der Waals surface area (Å²) in [6.07, 6.45) is 0. The lowest BCUT2D eigenvalue weighted by Crippen LogP contribution is -1.97. The molecule has 0 aromatic heterocycles. The van der Waals surface area contributed by atoms with E-state index < -0.39 is 0 Å². The van der Waals surface area contributed by atoms with Crippen molar-refractivity contribution in [1.29, 1.82) is 0 Å². The van der Waals surface area contributed by atoms with Crippen LogP contribution in [0, 0.1) is 0 Å². The summed E-state index contributed by atoms with van der Waals surface area (Å²) < 4.78 is 6.23. The van der Waals surface area contributed by atoms with Crippen molar-refractivity contribution in [2.45, 2.75) is 4.83 Å². The molecule has 0 bridgehead atoms. The molecule has 0 saturated heterocycles. The van der Waals surface area contributed by atoms with E-state index in [0.29, 0.717) is 10.0 Å². The summed E-state index contributed by atoms with van der Waals surface area (Å²) in [5.74, 6) is 0.789. The molecule has 0 radical (unpaired) electrons. The predicted molar refractivity (Wildman–Crippen MR) is 87.9 cm³/mol. The highest BCUT2D eigenvalue weighted by atomic mass is 79.9. The third-order valence-corrected chi connectivity index (χ3v) is 5.17. The van der Waals surface area contributed by atoms with Crippen LogP contribution in [0.25, 0.3) is 0 Å². The van der Waals surface area contributed by atoms with E-state index in [4.69, 9.17) is 27.9 Å². The SMILES string of the molecule is COc1ccc(Cl)cc1C(Br)c1ccc(Cl)c(Br)c1. The van der Waals surface area contributed by atoms with Gasteiger partial charge in [-0.25, -0.2) is 0 Å². The minimum atomic E-state index is -0.0188. The van der Waals surface area contributed by atoms with Gasteiger partial charge < -0.3 is 4.74 Å². The number of alkyl halides is 1. The Balaban J connectivity index is 2.45. The molecule has 0 heterocycles. The van der Waals surface area contributed by atoms with Gasteiger partial charge >= 0.3 is 0 Å². The Kier molecular flexibility index (Phi) is 5.18. The van der Waals surface area contributed by atoms with E-state index in [0.717, 1.165) is 21.3 Å². The van der Waals surface area contributed by atoms with Gasteiger partial charge in [-0.1, -0.05) is 45.2 Å². The Morgan fingerprint density at radius 3 is 2.47 bits per heavy atom. The molecule has 0 amide bonds. The second-order valence-electron chi connectivity index (χ2n) is 3.92. The maximum absolute atomic E-state index is 6.06. The maximum atomic E-state index is 6.06.